The Morgan fingerprint density at radius 1 is 1.03 bits per heavy atom. The predicted molar refractivity (Wildman–Crippen MR) is 127 cm³/mol. The minimum absolute atomic E-state index is 0.0796. The minimum atomic E-state index is -1.15. The van der Waals surface area contributed by atoms with Crippen molar-refractivity contribution in [2.75, 3.05) is 6.61 Å². The monoisotopic (exact) mass is 431 g/mol. The first-order valence-corrected chi connectivity index (χ1v) is 11.9. The molecule has 0 aliphatic carbocycles. The molecule has 31 heavy (non-hydrogen) atoms. The van der Waals surface area contributed by atoms with Crippen molar-refractivity contribution in [3.05, 3.63) is 28.3 Å². The maximum atomic E-state index is 13.0. The molecule has 1 heterocycles. The summed E-state index contributed by atoms with van der Waals surface area (Å²) >= 11 is 0. The third-order valence-electron chi connectivity index (χ3n) is 6.56. The van der Waals surface area contributed by atoms with Gasteiger partial charge in [0.2, 0.25) is 5.60 Å². The van der Waals surface area contributed by atoms with Crippen molar-refractivity contribution in [1.29, 1.82) is 0 Å². The number of carbonyl (C=O) groups excluding carboxylic acids is 1. The summed E-state index contributed by atoms with van der Waals surface area (Å²) in [5.74, 6) is 0.649. The van der Waals surface area contributed by atoms with Crippen LogP contribution in [-0.2, 0) is 4.79 Å². The van der Waals surface area contributed by atoms with E-state index in [-0.39, 0.29) is 24.3 Å². The fraction of sp³-hybridized carbons (Fsp3) is 0.654. The van der Waals surface area contributed by atoms with E-state index in [0.717, 1.165) is 41.5 Å². The summed E-state index contributed by atoms with van der Waals surface area (Å²) in [5, 5.41) is 23.0. The van der Waals surface area contributed by atoms with E-state index >= 15 is 0 Å². The lowest BCUT2D eigenvalue weighted by atomic mass is 9.92. The fourth-order valence-electron chi connectivity index (χ4n) is 4.13. The number of amides is 1. The topological polar surface area (TPSA) is 78.8 Å². The smallest absolute Gasteiger partial charge is 0.268 e. The zero-order valence-electron chi connectivity index (χ0n) is 20.0. The van der Waals surface area contributed by atoms with E-state index in [4.69, 9.17) is 4.74 Å². The van der Waals surface area contributed by atoms with E-state index in [0.29, 0.717) is 5.75 Å². The van der Waals surface area contributed by atoms with Crippen molar-refractivity contribution in [3.8, 4) is 11.5 Å². The number of hydrogen-bond donors (Lipinski definition) is 3. The standard InChI is InChI=1S/C26H41NO4/c1-6-7-8-9-10-11-12-13-14-21(17-28)27-25(30)26(5)16-15-22-20(4)23(29)18(2)19(3)24(22)31-26/h15-16,21,28-29H,6-14,17H2,1-5H3,(H,27,30). The second-order valence-electron chi connectivity index (χ2n) is 9.13. The van der Waals surface area contributed by atoms with Crippen LogP contribution in [0.4, 0.5) is 0 Å². The third-order valence-corrected chi connectivity index (χ3v) is 6.56. The van der Waals surface area contributed by atoms with Gasteiger partial charge in [-0.3, -0.25) is 4.79 Å². The number of ether oxygens (including phenoxy) is 1. The number of hydrogen-bond acceptors (Lipinski definition) is 4. The number of phenols is 1. The maximum Gasteiger partial charge on any atom is 0.268 e. The summed E-state index contributed by atoms with van der Waals surface area (Å²) in [6, 6.07) is -0.271. The Bertz CT molecular complexity index is 786. The van der Waals surface area contributed by atoms with E-state index in [9.17, 15) is 15.0 Å². The summed E-state index contributed by atoms with van der Waals surface area (Å²) in [5.41, 5.74) is 2.00. The zero-order chi connectivity index (χ0) is 23.0. The van der Waals surface area contributed by atoms with Gasteiger partial charge in [-0.1, -0.05) is 64.4 Å². The van der Waals surface area contributed by atoms with E-state index in [1.807, 2.05) is 26.8 Å². The van der Waals surface area contributed by atoms with E-state index in [1.54, 1.807) is 13.0 Å². The molecule has 1 aromatic rings. The second kappa shape index (κ2) is 11.6. The van der Waals surface area contributed by atoms with Gasteiger partial charge in [0.25, 0.3) is 5.91 Å². The van der Waals surface area contributed by atoms with Crippen molar-refractivity contribution in [3.63, 3.8) is 0 Å². The lowest BCUT2D eigenvalue weighted by Crippen LogP contribution is -2.52. The third kappa shape index (κ3) is 6.25. The molecule has 2 atom stereocenters. The molecule has 1 aliphatic rings. The minimum Gasteiger partial charge on any atom is -0.507 e. The molecule has 1 aliphatic heterocycles. The van der Waals surface area contributed by atoms with E-state index < -0.39 is 5.60 Å². The molecular weight excluding hydrogens is 390 g/mol. The van der Waals surface area contributed by atoms with Crippen LogP contribution in [0.3, 0.4) is 0 Å². The number of fused-ring (bicyclic) bond motifs is 1. The van der Waals surface area contributed by atoms with Crippen LogP contribution in [0.5, 0.6) is 11.5 Å². The highest BCUT2D eigenvalue weighted by Gasteiger charge is 2.38. The number of aliphatic hydroxyl groups excluding tert-OH is 1. The Hall–Kier alpha value is -2.01. The van der Waals surface area contributed by atoms with Crippen molar-refractivity contribution in [1.82, 2.24) is 5.32 Å². The highest BCUT2D eigenvalue weighted by Crippen LogP contribution is 2.42. The highest BCUT2D eigenvalue weighted by atomic mass is 16.5. The van der Waals surface area contributed by atoms with Crippen LogP contribution in [0.15, 0.2) is 6.08 Å². The number of phenolic OH excluding ortho intramolecular Hbond substituents is 1. The number of carbonyl (C=O) groups is 1. The molecule has 2 unspecified atom stereocenters. The second-order valence-corrected chi connectivity index (χ2v) is 9.13. The van der Waals surface area contributed by atoms with Gasteiger partial charge in [-0.05, 0) is 51.3 Å². The summed E-state index contributed by atoms with van der Waals surface area (Å²) < 4.78 is 6.17. The largest absolute Gasteiger partial charge is 0.507 e. The number of unbranched alkanes of at least 4 members (excludes halogenated alkanes) is 7. The molecule has 0 saturated heterocycles. The number of benzene rings is 1. The van der Waals surface area contributed by atoms with Gasteiger partial charge in [-0.2, -0.15) is 0 Å². The first-order valence-electron chi connectivity index (χ1n) is 11.9. The first-order chi connectivity index (χ1) is 14.7. The molecule has 0 saturated carbocycles. The van der Waals surface area contributed by atoms with Gasteiger partial charge < -0.3 is 20.3 Å². The molecule has 5 heteroatoms. The molecule has 0 fully saturated rings. The maximum absolute atomic E-state index is 13.0. The number of rotatable bonds is 12. The molecule has 5 nitrogen and oxygen atoms in total. The molecule has 0 bridgehead atoms. The van der Waals surface area contributed by atoms with Gasteiger partial charge in [0.1, 0.15) is 11.5 Å². The van der Waals surface area contributed by atoms with Crippen molar-refractivity contribution in [2.45, 2.75) is 104 Å². The molecule has 0 spiro atoms. The summed E-state index contributed by atoms with van der Waals surface area (Å²) in [7, 11) is 0. The normalized spacial score (nSPS) is 18.4. The van der Waals surface area contributed by atoms with Crippen molar-refractivity contribution < 1.29 is 19.7 Å². The Morgan fingerprint density at radius 2 is 1.65 bits per heavy atom. The average Bonchev–Trinajstić information content (AvgIpc) is 2.76. The molecule has 1 amide bonds. The molecule has 0 radical (unpaired) electrons. The van der Waals surface area contributed by atoms with Gasteiger partial charge in [0.15, 0.2) is 0 Å². The Kier molecular flexibility index (Phi) is 9.42. The molecule has 1 aromatic carbocycles. The summed E-state index contributed by atoms with van der Waals surface area (Å²) in [4.78, 5) is 13.0. The number of aliphatic hydroxyl groups is 1. The van der Waals surface area contributed by atoms with E-state index in [1.165, 1.54) is 38.5 Å². The van der Waals surface area contributed by atoms with Gasteiger partial charge in [0.05, 0.1) is 12.6 Å². The van der Waals surface area contributed by atoms with Crippen LogP contribution in [-0.4, -0.2) is 34.4 Å². The number of nitrogens with one attached hydrogen (secondary N) is 1. The predicted octanol–water partition coefficient (Wildman–Crippen LogP) is 5.49. The molecule has 2 rings (SSSR count). The van der Waals surface area contributed by atoms with Crippen LogP contribution in [0.2, 0.25) is 0 Å². The summed E-state index contributed by atoms with van der Waals surface area (Å²) in [6.45, 7) is 9.48. The van der Waals surface area contributed by atoms with Crippen molar-refractivity contribution in [2.24, 2.45) is 0 Å². The molecular formula is C26H41NO4. The Labute approximate surface area is 187 Å². The molecule has 3 N–H and O–H groups in total. The fourth-order valence-corrected chi connectivity index (χ4v) is 4.13. The lowest BCUT2D eigenvalue weighted by Gasteiger charge is -2.33. The van der Waals surface area contributed by atoms with Crippen LogP contribution in [0.1, 0.15) is 93.9 Å². The van der Waals surface area contributed by atoms with Crippen LogP contribution >= 0.6 is 0 Å². The number of aromatic hydroxyl groups is 1. The Morgan fingerprint density at radius 3 is 2.26 bits per heavy atom. The van der Waals surface area contributed by atoms with Gasteiger partial charge in [-0.25, -0.2) is 0 Å². The SMILES string of the molecule is CCCCCCCCCCC(CO)NC(=O)C1(C)C=Cc2c(C)c(O)c(C)c(C)c2O1. The van der Waals surface area contributed by atoms with Crippen LogP contribution in [0.25, 0.3) is 6.08 Å². The average molecular weight is 432 g/mol. The van der Waals surface area contributed by atoms with Gasteiger partial charge in [-0.15, -0.1) is 0 Å². The van der Waals surface area contributed by atoms with Crippen LogP contribution < -0.4 is 10.1 Å². The molecule has 0 aromatic heterocycles. The first kappa shape index (κ1) is 25.3. The quantitative estimate of drug-likeness (QED) is 0.382. The lowest BCUT2D eigenvalue weighted by molar-refractivity contribution is -0.133. The molecule has 174 valence electrons. The van der Waals surface area contributed by atoms with E-state index in [2.05, 4.69) is 12.2 Å². The highest BCUT2D eigenvalue weighted by molar-refractivity contribution is 5.90. The zero-order valence-corrected chi connectivity index (χ0v) is 20.0. The Balaban J connectivity index is 1.92. The summed E-state index contributed by atoms with van der Waals surface area (Å²) in [6.07, 6.45) is 14.1. The van der Waals surface area contributed by atoms with Gasteiger partial charge >= 0.3 is 0 Å². The van der Waals surface area contributed by atoms with Gasteiger partial charge in [0, 0.05) is 11.1 Å². The van der Waals surface area contributed by atoms with Crippen LogP contribution in [0, 0.1) is 20.8 Å². The van der Waals surface area contributed by atoms with Crippen molar-refractivity contribution >= 4 is 12.0 Å².